The first-order chi connectivity index (χ1) is 9.06. The van der Waals surface area contributed by atoms with Gasteiger partial charge < -0.3 is 5.73 Å². The molecule has 2 nitrogen and oxygen atoms in total. The minimum absolute atomic E-state index is 0.342. The van der Waals surface area contributed by atoms with Gasteiger partial charge >= 0.3 is 0 Å². The van der Waals surface area contributed by atoms with E-state index < -0.39 is 23.5 Å². The van der Waals surface area contributed by atoms with Gasteiger partial charge in [0.05, 0.1) is 0 Å². The molecule has 19 heavy (non-hydrogen) atoms. The van der Waals surface area contributed by atoms with Crippen molar-refractivity contribution in [3.63, 3.8) is 0 Å². The molecule has 3 unspecified atom stereocenters. The summed E-state index contributed by atoms with van der Waals surface area (Å²) >= 11 is 0. The van der Waals surface area contributed by atoms with Crippen molar-refractivity contribution in [3.8, 4) is 0 Å². The molecule has 0 amide bonds. The van der Waals surface area contributed by atoms with E-state index in [9.17, 15) is 8.60 Å². The van der Waals surface area contributed by atoms with E-state index in [0.717, 1.165) is 17.7 Å². The Labute approximate surface area is 118 Å². The second kappa shape index (κ2) is 8.43. The van der Waals surface area contributed by atoms with Crippen LogP contribution in [0.2, 0.25) is 0 Å². The van der Waals surface area contributed by atoms with Crippen LogP contribution in [0.3, 0.4) is 0 Å². The molecule has 1 aliphatic heterocycles. The number of alkyl halides is 1. The van der Waals surface area contributed by atoms with Crippen LogP contribution in [0.15, 0.2) is 35.5 Å². The molecule has 0 aromatic heterocycles. The Bertz CT molecular complexity index is 401. The highest BCUT2D eigenvalue weighted by Gasteiger charge is 2.13. The molecule has 1 rings (SSSR count). The molecule has 0 saturated heterocycles. The van der Waals surface area contributed by atoms with Crippen molar-refractivity contribution >= 4 is 10.8 Å². The Morgan fingerprint density at radius 1 is 1.63 bits per heavy atom. The highest BCUT2D eigenvalue weighted by molar-refractivity contribution is 7.85. The Kier molecular flexibility index (Phi) is 7.24. The van der Waals surface area contributed by atoms with Crippen molar-refractivity contribution in [1.82, 2.24) is 0 Å². The van der Waals surface area contributed by atoms with E-state index in [0.29, 0.717) is 18.1 Å². The van der Waals surface area contributed by atoms with E-state index in [1.165, 1.54) is 5.57 Å². The molecule has 4 heteroatoms. The third-order valence-electron chi connectivity index (χ3n) is 3.40. The minimum atomic E-state index is -0.671. The molecule has 0 fully saturated rings. The Balaban J connectivity index is 2.57. The van der Waals surface area contributed by atoms with Gasteiger partial charge in [0.15, 0.2) is 0 Å². The SMILES string of the molecule is C/C=C(\C=C/C(C)C1=CCS(=O)CC1)CC(N)CF. The molecule has 0 radical (unpaired) electrons. The number of nitrogens with two attached hydrogens (primary N) is 1. The monoisotopic (exact) mass is 285 g/mol. The lowest BCUT2D eigenvalue weighted by atomic mass is 9.96. The molecular weight excluding hydrogens is 261 g/mol. The predicted molar refractivity (Wildman–Crippen MR) is 81.2 cm³/mol. The summed E-state index contributed by atoms with van der Waals surface area (Å²) in [5, 5.41) is 0. The van der Waals surface area contributed by atoms with Crippen LogP contribution in [-0.4, -0.2) is 28.4 Å². The van der Waals surface area contributed by atoms with Crippen LogP contribution < -0.4 is 5.73 Å². The van der Waals surface area contributed by atoms with Crippen LogP contribution in [0.25, 0.3) is 0 Å². The second-order valence-electron chi connectivity index (χ2n) is 4.97. The normalized spacial score (nSPS) is 24.3. The summed E-state index contributed by atoms with van der Waals surface area (Å²) in [6.07, 6.45) is 9.71. The fourth-order valence-corrected chi connectivity index (χ4v) is 3.09. The van der Waals surface area contributed by atoms with E-state index >= 15 is 0 Å². The van der Waals surface area contributed by atoms with E-state index in [-0.39, 0.29) is 0 Å². The Hall–Kier alpha value is -0.740. The zero-order valence-corrected chi connectivity index (χ0v) is 12.6. The van der Waals surface area contributed by atoms with Gasteiger partial charge in [-0.25, -0.2) is 4.39 Å². The minimum Gasteiger partial charge on any atom is -0.325 e. The first-order valence-electron chi connectivity index (χ1n) is 6.75. The maximum atomic E-state index is 12.4. The van der Waals surface area contributed by atoms with E-state index in [1.807, 2.05) is 19.1 Å². The van der Waals surface area contributed by atoms with E-state index in [4.69, 9.17) is 5.73 Å². The quantitative estimate of drug-likeness (QED) is 0.602. The number of allylic oxidation sites excluding steroid dienone is 4. The molecule has 108 valence electrons. The average molecular weight is 285 g/mol. The molecule has 0 aromatic rings. The summed E-state index contributed by atoms with van der Waals surface area (Å²) in [6, 6.07) is -0.414. The third-order valence-corrected chi connectivity index (χ3v) is 4.60. The maximum absolute atomic E-state index is 12.4. The molecule has 0 bridgehead atoms. The molecule has 0 spiro atoms. The Morgan fingerprint density at radius 2 is 2.37 bits per heavy atom. The maximum Gasteiger partial charge on any atom is 0.105 e. The molecule has 1 aliphatic rings. The molecular formula is C15H24FNOS. The molecule has 3 atom stereocenters. The van der Waals surface area contributed by atoms with Crippen LogP contribution in [0.1, 0.15) is 26.7 Å². The molecule has 0 aliphatic carbocycles. The largest absolute Gasteiger partial charge is 0.325 e. The lowest BCUT2D eigenvalue weighted by Gasteiger charge is -2.17. The summed E-state index contributed by atoms with van der Waals surface area (Å²) in [6.45, 7) is 3.59. The van der Waals surface area contributed by atoms with Crippen LogP contribution in [0.5, 0.6) is 0 Å². The fraction of sp³-hybridized carbons (Fsp3) is 0.600. The van der Waals surface area contributed by atoms with Crippen LogP contribution in [0, 0.1) is 5.92 Å². The van der Waals surface area contributed by atoms with Crippen molar-refractivity contribution < 1.29 is 8.60 Å². The number of rotatable bonds is 6. The van der Waals surface area contributed by atoms with Gasteiger partial charge in [-0.05, 0) is 25.7 Å². The Morgan fingerprint density at radius 3 is 2.89 bits per heavy atom. The standard InChI is InChI=1S/C15H24FNOS/c1-3-13(10-15(17)11-16)5-4-12(2)14-6-8-19(18)9-7-14/h3-6,12,15H,7-11,17H2,1-2H3/b5-4-,13-3+. The van der Waals surface area contributed by atoms with E-state index in [2.05, 4.69) is 19.1 Å². The smallest absolute Gasteiger partial charge is 0.105 e. The summed E-state index contributed by atoms with van der Waals surface area (Å²) in [5.74, 6) is 1.79. The summed E-state index contributed by atoms with van der Waals surface area (Å²) in [7, 11) is -0.671. The lowest BCUT2D eigenvalue weighted by Crippen LogP contribution is -2.22. The van der Waals surface area contributed by atoms with Crippen molar-refractivity contribution in [3.05, 3.63) is 35.5 Å². The molecule has 0 aromatic carbocycles. The number of hydrogen-bond acceptors (Lipinski definition) is 2. The van der Waals surface area contributed by atoms with Gasteiger partial charge in [0.25, 0.3) is 0 Å². The number of hydrogen-bond donors (Lipinski definition) is 1. The molecule has 1 heterocycles. The second-order valence-corrected chi connectivity index (χ2v) is 6.59. The van der Waals surface area contributed by atoms with Crippen molar-refractivity contribution in [1.29, 1.82) is 0 Å². The molecule has 0 saturated carbocycles. The fourth-order valence-electron chi connectivity index (χ4n) is 2.06. The summed E-state index contributed by atoms with van der Waals surface area (Å²) in [5.41, 5.74) is 8.03. The van der Waals surface area contributed by atoms with Crippen LogP contribution in [-0.2, 0) is 10.8 Å². The van der Waals surface area contributed by atoms with Gasteiger partial charge in [0, 0.05) is 28.3 Å². The number of halogens is 1. The zero-order valence-electron chi connectivity index (χ0n) is 11.8. The van der Waals surface area contributed by atoms with Gasteiger partial charge in [0.2, 0.25) is 0 Å². The van der Waals surface area contributed by atoms with Gasteiger partial charge in [-0.2, -0.15) is 0 Å². The first-order valence-corrected chi connectivity index (χ1v) is 8.24. The van der Waals surface area contributed by atoms with Gasteiger partial charge in [-0.3, -0.25) is 4.21 Å². The van der Waals surface area contributed by atoms with Gasteiger partial charge in [0.1, 0.15) is 6.67 Å². The van der Waals surface area contributed by atoms with Crippen molar-refractivity contribution in [2.45, 2.75) is 32.7 Å². The van der Waals surface area contributed by atoms with Crippen molar-refractivity contribution in [2.24, 2.45) is 11.7 Å². The topological polar surface area (TPSA) is 43.1 Å². The zero-order chi connectivity index (χ0) is 14.3. The lowest BCUT2D eigenvalue weighted by molar-refractivity contribution is 0.427. The van der Waals surface area contributed by atoms with Crippen LogP contribution >= 0.6 is 0 Å². The van der Waals surface area contributed by atoms with Gasteiger partial charge in [-0.1, -0.05) is 42.4 Å². The van der Waals surface area contributed by atoms with Crippen molar-refractivity contribution in [2.75, 3.05) is 18.2 Å². The summed E-state index contributed by atoms with van der Waals surface area (Å²) < 4.78 is 23.7. The van der Waals surface area contributed by atoms with E-state index in [1.54, 1.807) is 0 Å². The van der Waals surface area contributed by atoms with Crippen LogP contribution in [0.4, 0.5) is 4.39 Å². The summed E-state index contributed by atoms with van der Waals surface area (Å²) in [4.78, 5) is 0. The first kappa shape index (κ1) is 16.3. The third kappa shape index (κ3) is 5.83. The predicted octanol–water partition coefficient (Wildman–Crippen LogP) is 2.89. The van der Waals surface area contributed by atoms with Gasteiger partial charge in [-0.15, -0.1) is 0 Å². The molecule has 2 N–H and O–H groups in total. The highest BCUT2D eigenvalue weighted by atomic mass is 32.2. The average Bonchev–Trinajstić information content (AvgIpc) is 2.43. The highest BCUT2D eigenvalue weighted by Crippen LogP contribution is 2.21.